The van der Waals surface area contributed by atoms with Crippen LogP contribution in [-0.2, 0) is 0 Å². The Balaban J connectivity index is 2.63. The molecular weight excluding hydrogens is 222 g/mol. The molecule has 88 valence electrons. The van der Waals surface area contributed by atoms with Gasteiger partial charge in [-0.2, -0.15) is 11.8 Å². The molecule has 0 aromatic heterocycles. The van der Waals surface area contributed by atoms with Gasteiger partial charge in [0.1, 0.15) is 5.75 Å². The van der Waals surface area contributed by atoms with Gasteiger partial charge in [-0.05, 0) is 30.9 Å². The van der Waals surface area contributed by atoms with Crippen molar-refractivity contribution in [2.75, 3.05) is 12.8 Å². The molecule has 0 aliphatic carbocycles. The highest BCUT2D eigenvalue weighted by molar-refractivity contribution is 7.99. The summed E-state index contributed by atoms with van der Waals surface area (Å²) in [6.45, 7) is 4.49. The van der Waals surface area contributed by atoms with Crippen LogP contribution in [0.2, 0.25) is 0 Å². The van der Waals surface area contributed by atoms with Gasteiger partial charge >= 0.3 is 0 Å². The molecule has 0 heterocycles. The molecule has 2 N–H and O–H groups in total. The minimum absolute atomic E-state index is 0.142. The summed E-state index contributed by atoms with van der Waals surface area (Å²) in [4.78, 5) is 11.7. The second-order valence-corrected chi connectivity index (χ2v) is 5.03. The normalized spacial score (nSPS) is 12.2. The molecule has 1 aromatic carbocycles. The summed E-state index contributed by atoms with van der Waals surface area (Å²) in [6, 6.07) is 4.95. The lowest BCUT2D eigenvalue weighted by molar-refractivity contribution is 0.0953. The number of phenols is 1. The third kappa shape index (κ3) is 3.45. The average molecular weight is 239 g/mol. The van der Waals surface area contributed by atoms with Crippen LogP contribution in [0.4, 0.5) is 0 Å². The average Bonchev–Trinajstić information content (AvgIpc) is 2.29. The van der Waals surface area contributed by atoms with Crippen molar-refractivity contribution in [2.24, 2.45) is 0 Å². The fourth-order valence-corrected chi connectivity index (χ4v) is 1.42. The number of nitrogens with one attached hydrogen (secondary N) is 1. The number of carbonyl (C=O) groups is 1. The molecule has 0 fully saturated rings. The lowest BCUT2D eigenvalue weighted by Crippen LogP contribution is -2.29. The van der Waals surface area contributed by atoms with Gasteiger partial charge in [-0.3, -0.25) is 4.79 Å². The maximum Gasteiger partial charge on any atom is 0.251 e. The molecule has 16 heavy (non-hydrogen) atoms. The number of carbonyl (C=O) groups excluding carboxylic acids is 1. The Morgan fingerprint density at radius 2 is 2.25 bits per heavy atom. The van der Waals surface area contributed by atoms with Crippen LogP contribution < -0.4 is 5.32 Å². The molecule has 0 saturated heterocycles. The standard InChI is InChI=1S/C12H17NO2S/c1-8-4-5-10(6-11(8)14)12(15)13-7-9(2)16-3/h4-6,9,14H,7H2,1-3H3,(H,13,15). The second kappa shape index (κ2) is 5.80. The maximum atomic E-state index is 11.7. The number of hydrogen-bond donors (Lipinski definition) is 2. The summed E-state index contributed by atoms with van der Waals surface area (Å²) in [5.41, 5.74) is 1.27. The lowest BCUT2D eigenvalue weighted by Gasteiger charge is -2.10. The minimum Gasteiger partial charge on any atom is -0.508 e. The topological polar surface area (TPSA) is 49.3 Å². The first-order chi connectivity index (χ1) is 7.54. The van der Waals surface area contributed by atoms with E-state index in [2.05, 4.69) is 12.2 Å². The van der Waals surface area contributed by atoms with Crippen molar-refractivity contribution in [1.29, 1.82) is 0 Å². The molecule has 1 amide bonds. The summed E-state index contributed by atoms with van der Waals surface area (Å²) in [7, 11) is 0. The van der Waals surface area contributed by atoms with Crippen molar-refractivity contribution >= 4 is 17.7 Å². The van der Waals surface area contributed by atoms with Gasteiger partial charge < -0.3 is 10.4 Å². The molecule has 0 spiro atoms. The van der Waals surface area contributed by atoms with E-state index in [-0.39, 0.29) is 11.7 Å². The maximum absolute atomic E-state index is 11.7. The summed E-state index contributed by atoms with van der Waals surface area (Å²) < 4.78 is 0. The van der Waals surface area contributed by atoms with E-state index in [1.54, 1.807) is 30.8 Å². The quantitative estimate of drug-likeness (QED) is 0.846. The van der Waals surface area contributed by atoms with Crippen LogP contribution in [0.3, 0.4) is 0 Å². The summed E-state index contributed by atoms with van der Waals surface area (Å²) in [5, 5.41) is 12.7. The first-order valence-corrected chi connectivity index (χ1v) is 6.44. The zero-order valence-electron chi connectivity index (χ0n) is 9.78. The Hall–Kier alpha value is -1.16. The molecule has 1 aromatic rings. The van der Waals surface area contributed by atoms with E-state index in [1.807, 2.05) is 6.26 Å². The van der Waals surface area contributed by atoms with Gasteiger partial charge in [0.2, 0.25) is 0 Å². The van der Waals surface area contributed by atoms with E-state index in [0.29, 0.717) is 17.4 Å². The van der Waals surface area contributed by atoms with Crippen LogP contribution in [0.25, 0.3) is 0 Å². The number of rotatable bonds is 4. The number of hydrogen-bond acceptors (Lipinski definition) is 3. The van der Waals surface area contributed by atoms with E-state index >= 15 is 0 Å². The molecule has 1 unspecified atom stereocenters. The molecular formula is C12H17NO2S. The highest BCUT2D eigenvalue weighted by atomic mass is 32.2. The first kappa shape index (κ1) is 12.9. The minimum atomic E-state index is -0.142. The molecule has 1 atom stereocenters. The van der Waals surface area contributed by atoms with Gasteiger partial charge in [-0.25, -0.2) is 0 Å². The molecule has 0 radical (unpaired) electrons. The Morgan fingerprint density at radius 1 is 1.56 bits per heavy atom. The van der Waals surface area contributed by atoms with Crippen LogP contribution in [0.1, 0.15) is 22.8 Å². The third-order valence-electron chi connectivity index (χ3n) is 2.42. The van der Waals surface area contributed by atoms with Crippen molar-refractivity contribution in [1.82, 2.24) is 5.32 Å². The molecule has 4 heteroatoms. The number of amides is 1. The van der Waals surface area contributed by atoms with Crippen molar-refractivity contribution < 1.29 is 9.90 Å². The fourth-order valence-electron chi connectivity index (χ4n) is 1.17. The Kier molecular flexibility index (Phi) is 4.68. The van der Waals surface area contributed by atoms with Gasteiger partial charge in [-0.1, -0.05) is 13.0 Å². The number of phenolic OH excluding ortho intramolecular Hbond substituents is 1. The van der Waals surface area contributed by atoms with Crippen LogP contribution in [0.15, 0.2) is 18.2 Å². The zero-order valence-corrected chi connectivity index (χ0v) is 10.6. The molecule has 0 saturated carbocycles. The monoisotopic (exact) mass is 239 g/mol. The van der Waals surface area contributed by atoms with Crippen LogP contribution in [-0.4, -0.2) is 29.1 Å². The summed E-state index contributed by atoms with van der Waals surface area (Å²) in [6.07, 6.45) is 2.01. The highest BCUT2D eigenvalue weighted by Crippen LogP contribution is 2.17. The number of aromatic hydroxyl groups is 1. The van der Waals surface area contributed by atoms with Crippen LogP contribution in [0.5, 0.6) is 5.75 Å². The van der Waals surface area contributed by atoms with Crippen molar-refractivity contribution in [2.45, 2.75) is 19.1 Å². The largest absolute Gasteiger partial charge is 0.508 e. The second-order valence-electron chi connectivity index (χ2n) is 3.76. The Bertz CT molecular complexity index is 379. The predicted molar refractivity (Wildman–Crippen MR) is 68.2 cm³/mol. The molecule has 0 bridgehead atoms. The van der Waals surface area contributed by atoms with E-state index in [4.69, 9.17) is 0 Å². The first-order valence-electron chi connectivity index (χ1n) is 5.15. The van der Waals surface area contributed by atoms with Gasteiger partial charge in [0.05, 0.1) is 0 Å². The van der Waals surface area contributed by atoms with Gasteiger partial charge in [0.25, 0.3) is 5.91 Å². The summed E-state index contributed by atoms with van der Waals surface area (Å²) in [5.74, 6) is 0.0155. The van der Waals surface area contributed by atoms with Gasteiger partial charge in [0.15, 0.2) is 0 Å². The number of aryl methyl sites for hydroxylation is 1. The molecule has 0 aliphatic rings. The lowest BCUT2D eigenvalue weighted by atomic mass is 10.1. The van der Waals surface area contributed by atoms with Crippen molar-refractivity contribution in [3.63, 3.8) is 0 Å². The molecule has 1 rings (SSSR count). The highest BCUT2D eigenvalue weighted by Gasteiger charge is 2.08. The fraction of sp³-hybridized carbons (Fsp3) is 0.417. The SMILES string of the molecule is CSC(C)CNC(=O)c1ccc(C)c(O)c1. The van der Waals surface area contributed by atoms with E-state index in [0.717, 1.165) is 5.56 Å². The third-order valence-corrected chi connectivity index (χ3v) is 3.40. The van der Waals surface area contributed by atoms with E-state index in [1.165, 1.54) is 6.07 Å². The number of thioether (sulfide) groups is 1. The smallest absolute Gasteiger partial charge is 0.251 e. The Morgan fingerprint density at radius 3 is 2.81 bits per heavy atom. The summed E-state index contributed by atoms with van der Waals surface area (Å²) >= 11 is 1.70. The molecule has 0 aliphatic heterocycles. The Labute approximate surface area is 100 Å². The predicted octanol–water partition coefficient (Wildman–Crippen LogP) is 2.18. The number of benzene rings is 1. The van der Waals surface area contributed by atoms with E-state index < -0.39 is 0 Å². The van der Waals surface area contributed by atoms with Crippen LogP contribution >= 0.6 is 11.8 Å². The zero-order chi connectivity index (χ0) is 12.1. The van der Waals surface area contributed by atoms with E-state index in [9.17, 15) is 9.90 Å². The molecule has 3 nitrogen and oxygen atoms in total. The van der Waals surface area contributed by atoms with Gasteiger partial charge in [0, 0.05) is 17.4 Å². The van der Waals surface area contributed by atoms with Gasteiger partial charge in [-0.15, -0.1) is 0 Å². The van der Waals surface area contributed by atoms with Crippen LogP contribution in [0, 0.1) is 6.92 Å². The van der Waals surface area contributed by atoms with Crippen molar-refractivity contribution in [3.05, 3.63) is 29.3 Å². The van der Waals surface area contributed by atoms with Crippen molar-refractivity contribution in [3.8, 4) is 5.75 Å².